The molecule has 31 heavy (non-hydrogen) atoms. The maximum Gasteiger partial charge on any atom is 0.573 e. The van der Waals surface area contributed by atoms with E-state index in [9.17, 15) is 26.4 Å². The van der Waals surface area contributed by atoms with Gasteiger partial charge in [-0.15, -0.1) is 13.2 Å². The summed E-state index contributed by atoms with van der Waals surface area (Å²) in [6.07, 6.45) is -4.92. The number of benzene rings is 2. The quantitative estimate of drug-likeness (QED) is 0.564. The largest absolute Gasteiger partial charge is 0.573 e. The monoisotopic (exact) mass is 493 g/mol. The fourth-order valence-corrected chi connectivity index (χ4v) is 4.01. The summed E-state index contributed by atoms with van der Waals surface area (Å²) in [7, 11) is -4.41. The van der Waals surface area contributed by atoms with Gasteiger partial charge >= 0.3 is 6.36 Å². The summed E-state index contributed by atoms with van der Waals surface area (Å²) in [5.74, 6) is -1.67. The van der Waals surface area contributed by atoms with Gasteiger partial charge in [-0.05, 0) is 55.5 Å². The highest BCUT2D eigenvalue weighted by Gasteiger charge is 2.31. The van der Waals surface area contributed by atoms with Crippen molar-refractivity contribution >= 4 is 39.1 Å². The molecule has 1 N–H and O–H groups in total. The number of rotatable bonds is 5. The molecule has 1 amide bonds. The second-order valence-corrected chi connectivity index (χ2v) is 8.57. The van der Waals surface area contributed by atoms with Crippen LogP contribution in [0.2, 0.25) is 10.2 Å². The van der Waals surface area contributed by atoms with Crippen LogP contribution in [0.3, 0.4) is 0 Å². The summed E-state index contributed by atoms with van der Waals surface area (Å²) < 4.78 is 68.4. The smallest absolute Gasteiger partial charge is 0.406 e. The number of alkyl halides is 3. The number of nitrogens with zero attached hydrogens (tertiary/aromatic N) is 2. The fourth-order valence-electron chi connectivity index (χ4n) is 2.56. The summed E-state index contributed by atoms with van der Waals surface area (Å²) in [6, 6.07) is 9.71. The number of carbonyl (C=O) groups is 1. The normalized spacial score (nSPS) is 11.9. The predicted molar refractivity (Wildman–Crippen MR) is 106 cm³/mol. The highest BCUT2D eigenvalue weighted by atomic mass is 35.5. The first-order valence-electron chi connectivity index (χ1n) is 8.31. The van der Waals surface area contributed by atoms with Crippen molar-refractivity contribution in [1.29, 1.82) is 0 Å². The topological polar surface area (TPSA) is 90.3 Å². The Kier molecular flexibility index (Phi) is 6.21. The molecule has 3 rings (SSSR count). The maximum absolute atomic E-state index is 12.6. The van der Waals surface area contributed by atoms with E-state index >= 15 is 0 Å². The van der Waals surface area contributed by atoms with Gasteiger partial charge in [0, 0.05) is 5.02 Å². The number of ether oxygens (including phenoxy) is 1. The van der Waals surface area contributed by atoms with Crippen LogP contribution < -0.4 is 9.46 Å². The van der Waals surface area contributed by atoms with Gasteiger partial charge in [0.15, 0.2) is 0 Å². The number of carbonyl (C=O) groups excluding carboxylic acids is 1. The molecule has 7 nitrogen and oxygen atoms in total. The molecule has 1 aromatic heterocycles. The second kappa shape index (κ2) is 8.40. The van der Waals surface area contributed by atoms with Crippen molar-refractivity contribution in [1.82, 2.24) is 14.5 Å². The Labute approximate surface area is 184 Å². The minimum absolute atomic E-state index is 0.138. The molecule has 164 valence electrons. The molecule has 0 aliphatic heterocycles. The molecule has 0 aliphatic rings. The molecule has 0 fully saturated rings. The SMILES string of the molecule is Cc1nn(-c2ccc(Cl)cc2)c(Cl)c1C(=O)NS(=O)(=O)c1ccc(OC(F)(F)F)cc1. The molecule has 0 atom stereocenters. The molecule has 0 saturated carbocycles. The Morgan fingerprint density at radius 2 is 1.65 bits per heavy atom. The molecule has 0 bridgehead atoms. The van der Waals surface area contributed by atoms with Crippen molar-refractivity contribution in [2.24, 2.45) is 0 Å². The number of aromatic nitrogens is 2. The van der Waals surface area contributed by atoms with Crippen LogP contribution in [0, 0.1) is 6.92 Å². The van der Waals surface area contributed by atoms with E-state index in [4.69, 9.17) is 23.2 Å². The van der Waals surface area contributed by atoms with Crippen molar-refractivity contribution in [3.63, 3.8) is 0 Å². The molecule has 0 aliphatic carbocycles. The standard InChI is InChI=1S/C18H12Cl2F3N3O4S/c1-10-15(16(20)26(24-10)12-4-2-11(19)3-5-12)17(27)25-31(28,29)14-8-6-13(7-9-14)30-18(21,22)23/h2-9H,1H3,(H,25,27). The van der Waals surface area contributed by atoms with E-state index in [0.29, 0.717) is 10.7 Å². The molecule has 1 heterocycles. The van der Waals surface area contributed by atoms with Crippen LogP contribution >= 0.6 is 23.2 Å². The molecular formula is C18H12Cl2F3N3O4S. The third-order valence-corrected chi connectivity index (χ3v) is 5.84. The molecule has 2 aromatic carbocycles. The third kappa shape index (κ3) is 5.30. The molecular weight excluding hydrogens is 482 g/mol. The number of halogens is 5. The van der Waals surface area contributed by atoms with Crippen LogP contribution in [0.4, 0.5) is 13.2 Å². The van der Waals surface area contributed by atoms with E-state index in [-0.39, 0.29) is 16.4 Å². The van der Waals surface area contributed by atoms with Gasteiger partial charge in [-0.1, -0.05) is 23.2 Å². The van der Waals surface area contributed by atoms with E-state index < -0.39 is 32.9 Å². The molecule has 3 aromatic rings. The number of sulfonamides is 1. The van der Waals surface area contributed by atoms with E-state index in [1.165, 1.54) is 11.6 Å². The van der Waals surface area contributed by atoms with E-state index in [1.807, 2.05) is 4.72 Å². The molecule has 0 spiro atoms. The highest BCUT2D eigenvalue weighted by Crippen LogP contribution is 2.26. The van der Waals surface area contributed by atoms with Crippen LogP contribution in [0.5, 0.6) is 5.75 Å². The Morgan fingerprint density at radius 1 is 1.06 bits per heavy atom. The summed E-state index contributed by atoms with van der Waals surface area (Å²) in [6.45, 7) is 1.46. The first-order chi connectivity index (χ1) is 14.4. The third-order valence-electron chi connectivity index (χ3n) is 3.90. The lowest BCUT2D eigenvalue weighted by molar-refractivity contribution is -0.274. The van der Waals surface area contributed by atoms with E-state index in [0.717, 1.165) is 24.3 Å². The van der Waals surface area contributed by atoms with Crippen molar-refractivity contribution in [3.8, 4) is 11.4 Å². The van der Waals surface area contributed by atoms with Crippen molar-refractivity contribution in [2.75, 3.05) is 0 Å². The van der Waals surface area contributed by atoms with Gasteiger partial charge in [-0.2, -0.15) is 5.10 Å². The zero-order chi connectivity index (χ0) is 23.0. The lowest BCUT2D eigenvalue weighted by atomic mass is 10.2. The predicted octanol–water partition coefficient (Wildman–Crippen LogP) is 4.50. The zero-order valence-corrected chi connectivity index (χ0v) is 17.8. The van der Waals surface area contributed by atoms with Crippen molar-refractivity contribution in [2.45, 2.75) is 18.2 Å². The van der Waals surface area contributed by atoms with Crippen molar-refractivity contribution < 1.29 is 31.1 Å². The Morgan fingerprint density at radius 3 is 2.19 bits per heavy atom. The maximum atomic E-state index is 12.6. The number of aryl methyl sites for hydroxylation is 1. The zero-order valence-electron chi connectivity index (χ0n) is 15.4. The number of amides is 1. The van der Waals surface area contributed by atoms with E-state index in [2.05, 4.69) is 9.84 Å². The average Bonchev–Trinajstić information content (AvgIpc) is 2.95. The molecule has 0 radical (unpaired) electrons. The minimum atomic E-state index is -4.92. The average molecular weight is 494 g/mol. The van der Waals surface area contributed by atoms with Gasteiger partial charge in [0.25, 0.3) is 15.9 Å². The van der Waals surface area contributed by atoms with Crippen LogP contribution in [0.1, 0.15) is 16.1 Å². The van der Waals surface area contributed by atoms with Crippen LogP contribution in [-0.4, -0.2) is 30.5 Å². The Hall–Kier alpha value is -2.76. The number of hydrogen-bond acceptors (Lipinski definition) is 5. The minimum Gasteiger partial charge on any atom is -0.406 e. The van der Waals surface area contributed by atoms with Crippen molar-refractivity contribution in [3.05, 3.63) is 70.0 Å². The molecule has 0 saturated heterocycles. The lowest BCUT2D eigenvalue weighted by Gasteiger charge is -2.10. The van der Waals surface area contributed by atoms with Gasteiger partial charge in [-0.3, -0.25) is 4.79 Å². The van der Waals surface area contributed by atoms with E-state index in [1.54, 1.807) is 24.3 Å². The molecule has 13 heteroatoms. The van der Waals surface area contributed by atoms with Gasteiger partial charge in [0.1, 0.15) is 16.5 Å². The number of nitrogens with one attached hydrogen (secondary N) is 1. The van der Waals surface area contributed by atoms with Gasteiger partial charge in [0.2, 0.25) is 0 Å². The first-order valence-corrected chi connectivity index (χ1v) is 10.6. The summed E-state index contributed by atoms with van der Waals surface area (Å²) >= 11 is 12.1. The van der Waals surface area contributed by atoms with Gasteiger partial charge < -0.3 is 4.74 Å². The summed E-state index contributed by atoms with van der Waals surface area (Å²) in [5.41, 5.74) is 0.457. The first kappa shape index (κ1) is 22.9. The summed E-state index contributed by atoms with van der Waals surface area (Å²) in [5, 5.41) is 4.48. The van der Waals surface area contributed by atoms with Gasteiger partial charge in [-0.25, -0.2) is 17.8 Å². The van der Waals surface area contributed by atoms with Crippen LogP contribution in [-0.2, 0) is 10.0 Å². The second-order valence-electron chi connectivity index (χ2n) is 6.09. The summed E-state index contributed by atoms with van der Waals surface area (Å²) in [4.78, 5) is 12.2. The lowest BCUT2D eigenvalue weighted by Crippen LogP contribution is -2.31. The highest BCUT2D eigenvalue weighted by molar-refractivity contribution is 7.90. The molecule has 0 unspecified atom stereocenters. The Balaban J connectivity index is 1.84. The van der Waals surface area contributed by atoms with Crippen LogP contribution in [0.15, 0.2) is 53.4 Å². The fraction of sp³-hybridized carbons (Fsp3) is 0.111. The Bertz CT molecular complexity index is 1230. The number of hydrogen-bond donors (Lipinski definition) is 1. The van der Waals surface area contributed by atoms with Gasteiger partial charge in [0.05, 0.1) is 16.3 Å². The van der Waals surface area contributed by atoms with Crippen LogP contribution in [0.25, 0.3) is 5.69 Å².